The minimum atomic E-state index is -0.221. The number of carbonyl (C=O) groups is 1. The smallest absolute Gasteiger partial charge is 0.242 e. The summed E-state index contributed by atoms with van der Waals surface area (Å²) < 4.78 is 0. The van der Waals surface area contributed by atoms with Crippen molar-refractivity contribution >= 4 is 11.6 Å². The van der Waals surface area contributed by atoms with Crippen molar-refractivity contribution in [2.24, 2.45) is 0 Å². The zero-order chi connectivity index (χ0) is 15.9. The SMILES string of the molecule is Cc1ccc(N[C@@H](C)C(=O)NCCC2=CCCCC2)c(C)c1. The molecule has 0 bridgehead atoms. The molecule has 120 valence electrons. The van der Waals surface area contributed by atoms with Crippen LogP contribution in [0.25, 0.3) is 0 Å². The molecule has 2 N–H and O–H groups in total. The number of hydrogen-bond donors (Lipinski definition) is 2. The van der Waals surface area contributed by atoms with Gasteiger partial charge in [-0.25, -0.2) is 0 Å². The Morgan fingerprint density at radius 3 is 2.77 bits per heavy atom. The second kappa shape index (κ2) is 8.02. The number of anilines is 1. The van der Waals surface area contributed by atoms with E-state index in [0.29, 0.717) is 0 Å². The van der Waals surface area contributed by atoms with Crippen LogP contribution in [0.2, 0.25) is 0 Å². The molecule has 0 saturated carbocycles. The second-order valence-corrected chi connectivity index (χ2v) is 6.33. The molecule has 0 aliphatic heterocycles. The molecule has 1 aromatic rings. The van der Waals surface area contributed by atoms with Crippen LogP contribution in [0.5, 0.6) is 0 Å². The van der Waals surface area contributed by atoms with E-state index in [4.69, 9.17) is 0 Å². The Bertz CT molecular complexity index is 548. The number of aryl methyl sites for hydroxylation is 2. The van der Waals surface area contributed by atoms with Crippen LogP contribution in [-0.4, -0.2) is 18.5 Å². The summed E-state index contributed by atoms with van der Waals surface area (Å²) in [5.41, 5.74) is 4.94. The van der Waals surface area contributed by atoms with E-state index in [2.05, 4.69) is 42.7 Å². The first-order valence-electron chi connectivity index (χ1n) is 8.35. The maximum Gasteiger partial charge on any atom is 0.242 e. The number of nitrogens with one attached hydrogen (secondary N) is 2. The first-order valence-corrected chi connectivity index (χ1v) is 8.35. The molecular formula is C19H28N2O. The van der Waals surface area contributed by atoms with E-state index >= 15 is 0 Å². The minimum absolute atomic E-state index is 0.0661. The summed E-state index contributed by atoms with van der Waals surface area (Å²) >= 11 is 0. The molecule has 1 aromatic carbocycles. The standard InChI is InChI=1S/C19H28N2O/c1-14-9-10-18(15(2)13-14)21-16(3)19(22)20-12-11-17-7-5-4-6-8-17/h7,9-10,13,16,21H,4-6,8,11-12H2,1-3H3,(H,20,22)/t16-/m0/s1. The topological polar surface area (TPSA) is 41.1 Å². The van der Waals surface area contributed by atoms with Gasteiger partial charge >= 0.3 is 0 Å². The van der Waals surface area contributed by atoms with Crippen molar-refractivity contribution in [3.8, 4) is 0 Å². The summed E-state index contributed by atoms with van der Waals surface area (Å²) in [7, 11) is 0. The summed E-state index contributed by atoms with van der Waals surface area (Å²) in [5.74, 6) is 0.0661. The molecule has 3 heteroatoms. The molecular weight excluding hydrogens is 272 g/mol. The lowest BCUT2D eigenvalue weighted by Gasteiger charge is -2.18. The van der Waals surface area contributed by atoms with Crippen LogP contribution >= 0.6 is 0 Å². The molecule has 1 aliphatic rings. The highest BCUT2D eigenvalue weighted by atomic mass is 16.2. The third kappa shape index (κ3) is 4.90. The van der Waals surface area contributed by atoms with Gasteiger partial charge in [-0.3, -0.25) is 4.79 Å². The molecule has 0 heterocycles. The predicted molar refractivity (Wildman–Crippen MR) is 93.2 cm³/mol. The van der Waals surface area contributed by atoms with Gasteiger partial charge in [0.25, 0.3) is 0 Å². The average Bonchev–Trinajstić information content (AvgIpc) is 2.51. The molecule has 1 amide bonds. The Hall–Kier alpha value is -1.77. The molecule has 1 aliphatic carbocycles. The van der Waals surface area contributed by atoms with Gasteiger partial charge in [-0.2, -0.15) is 0 Å². The third-order valence-electron chi connectivity index (χ3n) is 4.28. The second-order valence-electron chi connectivity index (χ2n) is 6.33. The maximum atomic E-state index is 12.2. The molecule has 2 rings (SSSR count). The Morgan fingerprint density at radius 1 is 1.27 bits per heavy atom. The largest absolute Gasteiger partial charge is 0.374 e. The lowest BCUT2D eigenvalue weighted by molar-refractivity contribution is -0.121. The van der Waals surface area contributed by atoms with Crippen LogP contribution in [0.15, 0.2) is 29.8 Å². The maximum absolute atomic E-state index is 12.2. The molecule has 1 atom stereocenters. The highest BCUT2D eigenvalue weighted by Gasteiger charge is 2.13. The average molecular weight is 300 g/mol. The zero-order valence-corrected chi connectivity index (χ0v) is 14.0. The fourth-order valence-electron chi connectivity index (χ4n) is 2.91. The van der Waals surface area contributed by atoms with Crippen LogP contribution < -0.4 is 10.6 Å². The number of amides is 1. The summed E-state index contributed by atoms with van der Waals surface area (Å²) in [6.45, 7) is 6.79. The van der Waals surface area contributed by atoms with Gasteiger partial charge in [0.15, 0.2) is 0 Å². The van der Waals surface area contributed by atoms with E-state index < -0.39 is 0 Å². The lowest BCUT2D eigenvalue weighted by atomic mass is 9.97. The molecule has 3 nitrogen and oxygen atoms in total. The Labute approximate surface area is 134 Å². The van der Waals surface area contributed by atoms with Gasteiger partial charge in [0.05, 0.1) is 0 Å². The van der Waals surface area contributed by atoms with E-state index in [0.717, 1.165) is 18.7 Å². The van der Waals surface area contributed by atoms with Crippen molar-refractivity contribution in [1.29, 1.82) is 0 Å². The predicted octanol–water partition coefficient (Wildman–Crippen LogP) is 4.11. The summed E-state index contributed by atoms with van der Waals surface area (Å²) in [6.07, 6.45) is 8.34. The summed E-state index contributed by atoms with van der Waals surface area (Å²) in [4.78, 5) is 12.2. The molecule has 0 radical (unpaired) electrons. The Morgan fingerprint density at radius 2 is 2.09 bits per heavy atom. The van der Waals surface area contributed by atoms with Crippen molar-refractivity contribution in [1.82, 2.24) is 5.32 Å². The van der Waals surface area contributed by atoms with Crippen molar-refractivity contribution in [2.75, 3.05) is 11.9 Å². The highest BCUT2D eigenvalue weighted by Crippen LogP contribution is 2.19. The van der Waals surface area contributed by atoms with Crippen molar-refractivity contribution in [2.45, 2.75) is 58.9 Å². The minimum Gasteiger partial charge on any atom is -0.374 e. The summed E-state index contributed by atoms with van der Waals surface area (Å²) in [6, 6.07) is 6.01. The lowest BCUT2D eigenvalue weighted by Crippen LogP contribution is -2.38. The molecule has 0 unspecified atom stereocenters. The fourth-order valence-corrected chi connectivity index (χ4v) is 2.91. The molecule has 22 heavy (non-hydrogen) atoms. The highest BCUT2D eigenvalue weighted by molar-refractivity contribution is 5.84. The van der Waals surface area contributed by atoms with E-state index in [1.54, 1.807) is 0 Å². The monoisotopic (exact) mass is 300 g/mol. The normalized spacial score (nSPS) is 15.9. The Kier molecular flexibility index (Phi) is 6.05. The van der Waals surface area contributed by atoms with Gasteiger partial charge in [0, 0.05) is 12.2 Å². The van der Waals surface area contributed by atoms with Gasteiger partial charge in [0.2, 0.25) is 5.91 Å². The van der Waals surface area contributed by atoms with Crippen LogP contribution in [0.3, 0.4) is 0 Å². The van der Waals surface area contributed by atoms with Crippen LogP contribution in [0.1, 0.15) is 50.2 Å². The first-order chi connectivity index (χ1) is 10.6. The van der Waals surface area contributed by atoms with Gasteiger partial charge in [0.1, 0.15) is 6.04 Å². The number of carbonyl (C=O) groups excluding carboxylic acids is 1. The van der Waals surface area contributed by atoms with Gasteiger partial charge < -0.3 is 10.6 Å². The zero-order valence-electron chi connectivity index (χ0n) is 14.0. The number of allylic oxidation sites excluding steroid dienone is 1. The molecule has 0 aromatic heterocycles. The van der Waals surface area contributed by atoms with Gasteiger partial charge in [-0.05, 0) is 64.5 Å². The molecule has 0 saturated heterocycles. The van der Waals surface area contributed by atoms with Crippen LogP contribution in [0.4, 0.5) is 5.69 Å². The van der Waals surface area contributed by atoms with Crippen molar-refractivity contribution < 1.29 is 4.79 Å². The Balaban J connectivity index is 1.78. The van der Waals surface area contributed by atoms with E-state index in [1.165, 1.54) is 42.4 Å². The van der Waals surface area contributed by atoms with E-state index in [9.17, 15) is 4.79 Å². The van der Waals surface area contributed by atoms with Gasteiger partial charge in [-0.15, -0.1) is 0 Å². The number of hydrogen-bond acceptors (Lipinski definition) is 2. The van der Waals surface area contributed by atoms with E-state index in [1.807, 2.05) is 13.0 Å². The number of rotatable bonds is 6. The fraction of sp³-hybridized carbons (Fsp3) is 0.526. The number of benzene rings is 1. The van der Waals surface area contributed by atoms with Gasteiger partial charge in [-0.1, -0.05) is 29.3 Å². The van der Waals surface area contributed by atoms with Crippen molar-refractivity contribution in [3.05, 3.63) is 41.0 Å². The van der Waals surface area contributed by atoms with Crippen LogP contribution in [0, 0.1) is 13.8 Å². The van der Waals surface area contributed by atoms with Crippen molar-refractivity contribution in [3.63, 3.8) is 0 Å². The first kappa shape index (κ1) is 16.6. The molecule has 0 fully saturated rings. The summed E-state index contributed by atoms with van der Waals surface area (Å²) in [5, 5.41) is 6.34. The van der Waals surface area contributed by atoms with E-state index in [-0.39, 0.29) is 11.9 Å². The van der Waals surface area contributed by atoms with Crippen LogP contribution in [-0.2, 0) is 4.79 Å². The third-order valence-corrected chi connectivity index (χ3v) is 4.28. The quantitative estimate of drug-likeness (QED) is 0.776. The molecule has 0 spiro atoms.